The molecule has 1 aliphatic rings. The Labute approximate surface area is 144 Å². The van der Waals surface area contributed by atoms with Crippen molar-refractivity contribution < 1.29 is 19.1 Å². The molecule has 1 fully saturated rings. The molecule has 2 N–H and O–H groups in total. The molecule has 25 heavy (non-hydrogen) atoms. The average molecular weight is 336 g/mol. The van der Waals surface area contributed by atoms with E-state index in [-0.39, 0.29) is 16.8 Å². The van der Waals surface area contributed by atoms with Gasteiger partial charge in [-0.15, -0.1) is 0 Å². The van der Waals surface area contributed by atoms with E-state index < -0.39 is 11.9 Å². The average Bonchev–Trinajstić information content (AvgIpc) is 3.14. The summed E-state index contributed by atoms with van der Waals surface area (Å²) in [5, 5.41) is 20.9. The van der Waals surface area contributed by atoms with Gasteiger partial charge in [-0.05, 0) is 36.6 Å². The summed E-state index contributed by atoms with van der Waals surface area (Å²) in [5.74, 6) is 0.430. The summed E-state index contributed by atoms with van der Waals surface area (Å²) in [6.07, 6.45) is 2.43. The van der Waals surface area contributed by atoms with Gasteiger partial charge in [0.1, 0.15) is 23.2 Å². The number of nitriles is 1. The summed E-state index contributed by atoms with van der Waals surface area (Å²) in [6, 6.07) is 11.4. The van der Waals surface area contributed by atoms with Gasteiger partial charge in [-0.2, -0.15) is 5.26 Å². The van der Waals surface area contributed by atoms with E-state index in [0.29, 0.717) is 17.6 Å². The minimum absolute atomic E-state index is 0.0452. The van der Waals surface area contributed by atoms with Crippen LogP contribution in [0.4, 0.5) is 5.69 Å². The van der Waals surface area contributed by atoms with Crippen LogP contribution >= 0.6 is 0 Å². The van der Waals surface area contributed by atoms with E-state index in [0.717, 1.165) is 12.2 Å². The number of aromatic carboxylic acids is 1. The first-order valence-electron chi connectivity index (χ1n) is 7.84. The number of nitrogens with one attached hydrogen (secondary N) is 1. The standard InChI is InChI=1S/C19H16N2O4/c1-11-8-15(11)17-7-6-13(25-17)9-12(10-20)18(22)21-16-5-3-2-4-14(16)19(23)24/h2-7,9,11,15H,8H2,1H3,(H,21,22)(H,23,24)/b12-9+/t11-,15-/m0/s1. The van der Waals surface area contributed by atoms with E-state index in [1.54, 1.807) is 18.2 Å². The molecule has 126 valence electrons. The Morgan fingerprint density at radius 2 is 2.04 bits per heavy atom. The highest BCUT2D eigenvalue weighted by Gasteiger charge is 2.36. The summed E-state index contributed by atoms with van der Waals surface area (Å²) in [4.78, 5) is 23.5. The Morgan fingerprint density at radius 3 is 2.68 bits per heavy atom. The van der Waals surface area contributed by atoms with Gasteiger partial charge in [0.2, 0.25) is 0 Å². The predicted molar refractivity (Wildman–Crippen MR) is 90.9 cm³/mol. The Kier molecular flexibility index (Phi) is 4.40. The van der Waals surface area contributed by atoms with E-state index >= 15 is 0 Å². The number of hydrogen-bond acceptors (Lipinski definition) is 4. The van der Waals surface area contributed by atoms with Gasteiger partial charge in [0, 0.05) is 12.0 Å². The molecule has 0 bridgehead atoms. The van der Waals surface area contributed by atoms with Crippen molar-refractivity contribution in [3.05, 3.63) is 59.1 Å². The maximum atomic E-state index is 12.3. The maximum absolute atomic E-state index is 12.3. The van der Waals surface area contributed by atoms with Crippen molar-refractivity contribution in [2.75, 3.05) is 5.32 Å². The van der Waals surface area contributed by atoms with E-state index in [1.807, 2.05) is 12.1 Å². The minimum Gasteiger partial charge on any atom is -0.478 e. The Hall–Kier alpha value is -3.33. The lowest BCUT2D eigenvalue weighted by atomic mass is 10.1. The number of furan rings is 1. The fraction of sp³-hybridized carbons (Fsp3) is 0.211. The summed E-state index contributed by atoms with van der Waals surface area (Å²) in [5.41, 5.74) is -0.0748. The monoisotopic (exact) mass is 336 g/mol. The van der Waals surface area contributed by atoms with Gasteiger partial charge in [-0.25, -0.2) is 4.79 Å². The van der Waals surface area contributed by atoms with Crippen molar-refractivity contribution in [3.8, 4) is 6.07 Å². The largest absolute Gasteiger partial charge is 0.478 e. The smallest absolute Gasteiger partial charge is 0.337 e. The summed E-state index contributed by atoms with van der Waals surface area (Å²) in [7, 11) is 0. The lowest BCUT2D eigenvalue weighted by Crippen LogP contribution is -2.16. The normalized spacial score (nSPS) is 19.1. The van der Waals surface area contributed by atoms with Gasteiger partial charge < -0.3 is 14.8 Å². The third kappa shape index (κ3) is 3.61. The highest BCUT2D eigenvalue weighted by atomic mass is 16.4. The fourth-order valence-electron chi connectivity index (χ4n) is 2.62. The molecular weight excluding hydrogens is 320 g/mol. The zero-order valence-corrected chi connectivity index (χ0v) is 13.5. The van der Waals surface area contributed by atoms with Crippen LogP contribution in [0.1, 0.15) is 41.1 Å². The predicted octanol–water partition coefficient (Wildman–Crippen LogP) is 3.65. The molecule has 2 atom stereocenters. The number of para-hydroxylation sites is 1. The lowest BCUT2D eigenvalue weighted by molar-refractivity contribution is -0.112. The van der Waals surface area contributed by atoms with Crippen molar-refractivity contribution in [1.82, 2.24) is 0 Å². The third-order valence-corrected chi connectivity index (χ3v) is 4.18. The van der Waals surface area contributed by atoms with Crippen LogP contribution in [0.15, 0.2) is 46.4 Å². The first kappa shape index (κ1) is 16.5. The first-order valence-corrected chi connectivity index (χ1v) is 7.84. The number of carbonyl (C=O) groups is 2. The number of amides is 1. The molecule has 0 aliphatic heterocycles. The highest BCUT2D eigenvalue weighted by molar-refractivity contribution is 6.11. The van der Waals surface area contributed by atoms with Gasteiger partial charge in [0.25, 0.3) is 5.91 Å². The number of carbonyl (C=O) groups excluding carboxylic acids is 1. The maximum Gasteiger partial charge on any atom is 0.337 e. The summed E-state index contributed by atoms with van der Waals surface area (Å²) < 4.78 is 5.67. The molecule has 0 spiro atoms. The van der Waals surface area contributed by atoms with Crippen LogP contribution in [-0.2, 0) is 4.79 Å². The molecule has 2 aromatic rings. The number of benzene rings is 1. The molecule has 1 aromatic carbocycles. The topological polar surface area (TPSA) is 103 Å². The number of rotatable bonds is 5. The van der Waals surface area contributed by atoms with Crippen molar-refractivity contribution in [2.24, 2.45) is 5.92 Å². The molecule has 0 radical (unpaired) electrons. The third-order valence-electron chi connectivity index (χ3n) is 4.18. The van der Waals surface area contributed by atoms with Gasteiger partial charge in [-0.3, -0.25) is 4.79 Å². The zero-order valence-electron chi connectivity index (χ0n) is 13.5. The van der Waals surface area contributed by atoms with Crippen LogP contribution < -0.4 is 5.32 Å². The van der Waals surface area contributed by atoms with Gasteiger partial charge in [0.15, 0.2) is 0 Å². The second-order valence-corrected chi connectivity index (χ2v) is 6.03. The number of carboxylic acid groups (broad SMARTS) is 1. The Bertz CT molecular complexity index is 904. The molecule has 1 aromatic heterocycles. The molecule has 1 amide bonds. The van der Waals surface area contributed by atoms with Gasteiger partial charge in [-0.1, -0.05) is 19.1 Å². The van der Waals surface area contributed by atoms with Crippen LogP contribution in [0.5, 0.6) is 0 Å². The first-order chi connectivity index (χ1) is 12.0. The van der Waals surface area contributed by atoms with Crippen LogP contribution in [0.2, 0.25) is 0 Å². The molecule has 1 aliphatic carbocycles. The Morgan fingerprint density at radius 1 is 1.32 bits per heavy atom. The van der Waals surface area contributed by atoms with Crippen LogP contribution in [-0.4, -0.2) is 17.0 Å². The highest BCUT2D eigenvalue weighted by Crippen LogP contribution is 2.47. The fourth-order valence-corrected chi connectivity index (χ4v) is 2.62. The number of nitrogens with zero attached hydrogens (tertiary/aromatic N) is 1. The molecule has 6 heteroatoms. The van der Waals surface area contributed by atoms with E-state index in [2.05, 4.69) is 12.2 Å². The van der Waals surface area contributed by atoms with Gasteiger partial charge >= 0.3 is 5.97 Å². The summed E-state index contributed by atoms with van der Waals surface area (Å²) in [6.45, 7) is 2.14. The van der Waals surface area contributed by atoms with Gasteiger partial charge in [0.05, 0.1) is 11.3 Å². The molecule has 3 rings (SSSR count). The van der Waals surface area contributed by atoms with Crippen molar-refractivity contribution in [3.63, 3.8) is 0 Å². The lowest BCUT2D eigenvalue weighted by Gasteiger charge is -2.07. The minimum atomic E-state index is -1.16. The number of carboxylic acids is 1. The molecule has 0 unspecified atom stereocenters. The van der Waals surface area contributed by atoms with E-state index in [1.165, 1.54) is 18.2 Å². The molecule has 1 saturated carbocycles. The van der Waals surface area contributed by atoms with Crippen LogP contribution in [0, 0.1) is 17.2 Å². The summed E-state index contributed by atoms with van der Waals surface area (Å²) >= 11 is 0. The quantitative estimate of drug-likeness (QED) is 0.641. The zero-order chi connectivity index (χ0) is 18.0. The second kappa shape index (κ2) is 6.65. The van der Waals surface area contributed by atoms with Crippen molar-refractivity contribution in [1.29, 1.82) is 5.26 Å². The second-order valence-electron chi connectivity index (χ2n) is 6.03. The molecule has 6 nitrogen and oxygen atoms in total. The SMILES string of the molecule is C[C@H]1C[C@@H]1c1ccc(/C=C(\C#N)C(=O)Nc2ccccc2C(=O)O)o1. The van der Waals surface area contributed by atoms with Crippen LogP contribution in [0.25, 0.3) is 6.08 Å². The number of hydrogen-bond donors (Lipinski definition) is 2. The Balaban J connectivity index is 1.79. The van der Waals surface area contributed by atoms with E-state index in [9.17, 15) is 14.9 Å². The molecular formula is C19H16N2O4. The van der Waals surface area contributed by atoms with Crippen molar-refractivity contribution >= 4 is 23.6 Å². The molecule has 0 saturated heterocycles. The van der Waals surface area contributed by atoms with Crippen LogP contribution in [0.3, 0.4) is 0 Å². The van der Waals surface area contributed by atoms with E-state index in [4.69, 9.17) is 9.52 Å². The number of anilines is 1. The van der Waals surface area contributed by atoms with Crippen molar-refractivity contribution in [2.45, 2.75) is 19.3 Å². The molecule has 1 heterocycles.